The van der Waals surface area contributed by atoms with Gasteiger partial charge in [-0.25, -0.2) is 4.98 Å². The SMILES string of the molecule is Cc1csc2nc(CN3CCn4cccc4[C@H]3c3ccccc3)cc(=O)n12. The Morgan fingerprint density at radius 1 is 1.15 bits per heavy atom. The third-order valence-electron chi connectivity index (χ3n) is 5.25. The molecule has 0 bridgehead atoms. The van der Waals surface area contributed by atoms with Crippen LogP contribution in [0.2, 0.25) is 0 Å². The Bertz CT molecular complexity index is 1160. The molecule has 5 nitrogen and oxygen atoms in total. The third kappa shape index (κ3) is 2.81. The second-order valence-electron chi connectivity index (χ2n) is 6.99. The Labute approximate surface area is 161 Å². The summed E-state index contributed by atoms with van der Waals surface area (Å²) in [6.45, 7) is 4.47. The lowest BCUT2D eigenvalue weighted by Crippen LogP contribution is -2.38. The summed E-state index contributed by atoms with van der Waals surface area (Å²) >= 11 is 1.52. The van der Waals surface area contributed by atoms with E-state index in [-0.39, 0.29) is 11.6 Å². The topological polar surface area (TPSA) is 42.5 Å². The number of aryl methyl sites for hydroxylation is 1. The zero-order valence-corrected chi connectivity index (χ0v) is 15.9. The van der Waals surface area contributed by atoms with E-state index in [9.17, 15) is 4.79 Å². The molecule has 0 aliphatic carbocycles. The van der Waals surface area contributed by atoms with Crippen molar-refractivity contribution in [2.75, 3.05) is 6.54 Å². The molecular formula is C21H20N4OS. The molecule has 5 rings (SSSR count). The van der Waals surface area contributed by atoms with Gasteiger partial charge in [0.15, 0.2) is 4.96 Å². The zero-order valence-electron chi connectivity index (χ0n) is 15.1. The lowest BCUT2D eigenvalue weighted by molar-refractivity contribution is 0.172. The van der Waals surface area contributed by atoms with Gasteiger partial charge in [-0.2, -0.15) is 0 Å². The second-order valence-corrected chi connectivity index (χ2v) is 7.83. The Hall–Kier alpha value is -2.70. The highest BCUT2D eigenvalue weighted by Crippen LogP contribution is 2.33. The number of hydrogen-bond donors (Lipinski definition) is 0. The number of aromatic nitrogens is 3. The molecule has 6 heteroatoms. The molecule has 0 spiro atoms. The first kappa shape index (κ1) is 16.5. The summed E-state index contributed by atoms with van der Waals surface area (Å²) in [6, 6.07) is 16.7. The van der Waals surface area contributed by atoms with Crippen LogP contribution >= 0.6 is 11.3 Å². The number of benzene rings is 1. The fourth-order valence-electron chi connectivity index (χ4n) is 4.01. The quantitative estimate of drug-likeness (QED) is 0.550. The van der Waals surface area contributed by atoms with Crippen LogP contribution in [-0.4, -0.2) is 25.4 Å². The van der Waals surface area contributed by atoms with Gasteiger partial charge in [0, 0.05) is 48.7 Å². The smallest absolute Gasteiger partial charge is 0.259 e. The van der Waals surface area contributed by atoms with Gasteiger partial charge in [-0.15, -0.1) is 11.3 Å². The van der Waals surface area contributed by atoms with Gasteiger partial charge in [0.05, 0.1) is 11.7 Å². The molecule has 0 saturated heterocycles. The van der Waals surface area contributed by atoms with Crippen molar-refractivity contribution in [2.45, 2.75) is 26.1 Å². The first-order valence-electron chi connectivity index (χ1n) is 9.11. The number of hydrogen-bond acceptors (Lipinski definition) is 4. The summed E-state index contributed by atoms with van der Waals surface area (Å²) in [5.41, 5.74) is 4.34. The van der Waals surface area contributed by atoms with E-state index in [1.807, 2.05) is 18.4 Å². The molecule has 4 aromatic rings. The van der Waals surface area contributed by atoms with Crippen molar-refractivity contribution in [2.24, 2.45) is 0 Å². The first-order chi connectivity index (χ1) is 13.2. The standard InChI is InChI=1S/C21H20N4OS/c1-15-14-27-21-22-17(12-19(26)25(15)21)13-24-11-10-23-9-5-8-18(23)20(24)16-6-3-2-4-7-16/h2-9,12,14,20H,10-11,13H2,1H3/t20-/m1/s1. The van der Waals surface area contributed by atoms with Gasteiger partial charge in [0.25, 0.3) is 5.56 Å². The summed E-state index contributed by atoms with van der Waals surface area (Å²) in [5.74, 6) is 0. The van der Waals surface area contributed by atoms with E-state index < -0.39 is 0 Å². The van der Waals surface area contributed by atoms with E-state index >= 15 is 0 Å². The molecule has 0 unspecified atom stereocenters. The maximum atomic E-state index is 12.5. The fraction of sp³-hybridized carbons (Fsp3) is 0.238. The molecule has 1 atom stereocenters. The van der Waals surface area contributed by atoms with E-state index in [4.69, 9.17) is 4.98 Å². The molecule has 1 aliphatic rings. The van der Waals surface area contributed by atoms with Gasteiger partial charge >= 0.3 is 0 Å². The van der Waals surface area contributed by atoms with Gasteiger partial charge in [-0.3, -0.25) is 14.1 Å². The van der Waals surface area contributed by atoms with Crippen LogP contribution in [0.4, 0.5) is 0 Å². The van der Waals surface area contributed by atoms with Gasteiger partial charge in [-0.1, -0.05) is 30.3 Å². The van der Waals surface area contributed by atoms with Crippen molar-refractivity contribution in [1.29, 1.82) is 0 Å². The summed E-state index contributed by atoms with van der Waals surface area (Å²) in [7, 11) is 0. The maximum Gasteiger partial charge on any atom is 0.259 e. The molecular weight excluding hydrogens is 356 g/mol. The Morgan fingerprint density at radius 2 is 2.00 bits per heavy atom. The molecule has 3 aromatic heterocycles. The van der Waals surface area contributed by atoms with Gasteiger partial charge in [0.1, 0.15) is 0 Å². The minimum atomic E-state index is 0.00500. The highest BCUT2D eigenvalue weighted by Gasteiger charge is 2.29. The molecule has 27 heavy (non-hydrogen) atoms. The maximum absolute atomic E-state index is 12.5. The summed E-state index contributed by atoms with van der Waals surface area (Å²) in [6.07, 6.45) is 2.15. The molecule has 0 saturated carbocycles. The summed E-state index contributed by atoms with van der Waals surface area (Å²) in [5, 5.41) is 1.98. The predicted octanol–water partition coefficient (Wildman–Crippen LogP) is 3.47. The van der Waals surface area contributed by atoms with Crippen molar-refractivity contribution in [3.63, 3.8) is 0 Å². The second kappa shape index (κ2) is 6.48. The number of nitrogens with zero attached hydrogens (tertiary/aromatic N) is 4. The van der Waals surface area contributed by atoms with Crippen LogP contribution in [0.25, 0.3) is 4.96 Å². The van der Waals surface area contributed by atoms with Gasteiger partial charge < -0.3 is 4.57 Å². The lowest BCUT2D eigenvalue weighted by atomic mass is 10.00. The van der Waals surface area contributed by atoms with Crippen molar-refractivity contribution in [3.05, 3.63) is 93.1 Å². The van der Waals surface area contributed by atoms with Crippen LogP contribution < -0.4 is 5.56 Å². The van der Waals surface area contributed by atoms with E-state index in [0.717, 1.165) is 29.4 Å². The average molecular weight is 376 g/mol. The van der Waals surface area contributed by atoms with Gasteiger partial charge in [-0.05, 0) is 24.6 Å². The van der Waals surface area contributed by atoms with E-state index in [2.05, 4.69) is 52.1 Å². The molecule has 0 fully saturated rings. The van der Waals surface area contributed by atoms with Crippen LogP contribution in [0, 0.1) is 6.92 Å². The van der Waals surface area contributed by atoms with Crippen LogP contribution in [0.5, 0.6) is 0 Å². The number of thiazole rings is 1. The van der Waals surface area contributed by atoms with Crippen molar-refractivity contribution in [3.8, 4) is 0 Å². The summed E-state index contributed by atoms with van der Waals surface area (Å²) < 4.78 is 4.01. The molecule has 4 heterocycles. The van der Waals surface area contributed by atoms with Crippen LogP contribution in [-0.2, 0) is 13.1 Å². The average Bonchev–Trinajstić information content (AvgIpc) is 3.29. The van der Waals surface area contributed by atoms with Crippen molar-refractivity contribution >= 4 is 16.3 Å². The van der Waals surface area contributed by atoms with Crippen molar-refractivity contribution < 1.29 is 0 Å². The number of rotatable bonds is 3. The van der Waals surface area contributed by atoms with E-state index in [1.165, 1.54) is 22.6 Å². The minimum absolute atomic E-state index is 0.00500. The van der Waals surface area contributed by atoms with Crippen LogP contribution in [0.1, 0.15) is 28.7 Å². The third-order valence-corrected chi connectivity index (χ3v) is 6.19. The Balaban J connectivity index is 1.55. The molecule has 0 amide bonds. The van der Waals surface area contributed by atoms with Crippen LogP contribution in [0.15, 0.2) is 64.9 Å². The molecule has 0 radical (unpaired) electrons. The minimum Gasteiger partial charge on any atom is -0.348 e. The molecule has 136 valence electrons. The molecule has 0 N–H and O–H groups in total. The Morgan fingerprint density at radius 3 is 2.85 bits per heavy atom. The van der Waals surface area contributed by atoms with E-state index in [0.29, 0.717) is 6.54 Å². The van der Waals surface area contributed by atoms with Crippen molar-refractivity contribution in [1.82, 2.24) is 18.9 Å². The Kier molecular flexibility index (Phi) is 3.95. The highest BCUT2D eigenvalue weighted by atomic mass is 32.1. The van der Waals surface area contributed by atoms with E-state index in [1.54, 1.807) is 10.5 Å². The monoisotopic (exact) mass is 376 g/mol. The molecule has 1 aliphatic heterocycles. The predicted molar refractivity (Wildman–Crippen MR) is 107 cm³/mol. The highest BCUT2D eigenvalue weighted by molar-refractivity contribution is 7.15. The fourth-order valence-corrected chi connectivity index (χ4v) is 4.90. The number of fused-ring (bicyclic) bond motifs is 2. The van der Waals surface area contributed by atoms with Crippen LogP contribution in [0.3, 0.4) is 0 Å². The first-order valence-corrected chi connectivity index (χ1v) is 9.99. The van der Waals surface area contributed by atoms with Gasteiger partial charge in [0.2, 0.25) is 0 Å². The zero-order chi connectivity index (χ0) is 18.4. The molecule has 1 aromatic carbocycles. The lowest BCUT2D eigenvalue weighted by Gasteiger charge is -2.37. The normalized spacial score (nSPS) is 17.3. The summed E-state index contributed by atoms with van der Waals surface area (Å²) in [4.78, 5) is 20.5. The largest absolute Gasteiger partial charge is 0.348 e.